The standard InChI is InChI=1S/C42H70O35.Co/c43-1-8-29-15(50)22(57)36(64-8)72-30-9(2-44)66-38(24(59)17(30)52)74-32-11(4-46)68-40(26(61)19(32)54)76-34-13(6-48)70-42(28(63)21(34)56)77-35-14(7-49)69-41(27(62)20(35)55)75-33-12(5-47)67-39(25(60)18(33)53)73-31-10(3-45)65-37(71-29)23(58)16(31)51;/h8-63H,1-7H2;/t8-,9-,10-,11-,12-,13-,14-,15-,16-,17-,18-,19-,20-,21-,22-,23-,24-,25-,26-,27-,28-,29-,30-,31-,32-,33-,34-,35-,36-,37-,38-,39-,40-,41-,42-;/m1./s1. The molecule has 21 saturated heterocycles. The zero-order valence-electron chi connectivity index (χ0n) is 40.6. The number of rotatable bonds is 7. The zero-order valence-corrected chi connectivity index (χ0v) is 41.6. The monoisotopic (exact) mass is 1190 g/mol. The Labute approximate surface area is 450 Å². The van der Waals surface area contributed by atoms with E-state index in [0.717, 1.165) is 0 Å². The van der Waals surface area contributed by atoms with Gasteiger partial charge in [0, 0.05) is 16.8 Å². The van der Waals surface area contributed by atoms with Gasteiger partial charge in [0.15, 0.2) is 44.0 Å². The Morgan fingerprint density at radius 2 is 0.269 bits per heavy atom. The fourth-order valence-electron chi connectivity index (χ4n) is 10.4. The normalized spacial score (nSPS) is 54.7. The fourth-order valence-corrected chi connectivity index (χ4v) is 10.4. The van der Waals surface area contributed by atoms with Crippen molar-refractivity contribution in [3.63, 3.8) is 0 Å². The summed E-state index contributed by atoms with van der Waals surface area (Å²) in [6, 6.07) is 0. The molecule has 35 atom stereocenters. The molecule has 35 nitrogen and oxygen atoms in total. The number of aliphatic hydroxyl groups is 21. The summed E-state index contributed by atoms with van der Waals surface area (Å²) in [7, 11) is 0. The predicted molar refractivity (Wildman–Crippen MR) is 228 cm³/mol. The Kier molecular flexibility index (Phi) is 22.7. The molecule has 14 bridgehead atoms. The minimum atomic E-state index is -2.21. The van der Waals surface area contributed by atoms with Crippen molar-refractivity contribution >= 4 is 0 Å². The maximum atomic E-state index is 11.3. The van der Waals surface area contributed by atoms with Crippen LogP contribution in [-0.2, 0) is 83.1 Å². The Morgan fingerprint density at radius 3 is 0.359 bits per heavy atom. The van der Waals surface area contributed by atoms with Crippen LogP contribution in [0, 0.1) is 0 Å². The summed E-state index contributed by atoms with van der Waals surface area (Å²) in [5.74, 6) is 0. The summed E-state index contributed by atoms with van der Waals surface area (Å²) < 4.78 is 79.5. The summed E-state index contributed by atoms with van der Waals surface area (Å²) in [6.07, 6.45) is -70.2. The van der Waals surface area contributed by atoms with Crippen LogP contribution in [0.4, 0.5) is 0 Å². The van der Waals surface area contributed by atoms with Crippen LogP contribution < -0.4 is 0 Å². The molecule has 21 fully saturated rings. The molecule has 21 heterocycles. The Morgan fingerprint density at radius 1 is 0.167 bits per heavy atom. The molecule has 21 N–H and O–H groups in total. The maximum absolute atomic E-state index is 11.3. The molecule has 36 heteroatoms. The molecule has 1 radical (unpaired) electrons. The van der Waals surface area contributed by atoms with E-state index < -0.39 is 261 Å². The van der Waals surface area contributed by atoms with E-state index in [-0.39, 0.29) is 16.8 Å². The summed E-state index contributed by atoms with van der Waals surface area (Å²) in [4.78, 5) is 0. The average Bonchev–Trinajstić information content (AvgIpc) is 3.51. The molecule has 0 saturated carbocycles. The van der Waals surface area contributed by atoms with E-state index in [1.165, 1.54) is 0 Å². The van der Waals surface area contributed by atoms with Crippen molar-refractivity contribution in [3.8, 4) is 0 Å². The van der Waals surface area contributed by atoms with Gasteiger partial charge in [0.05, 0.1) is 46.2 Å². The largest absolute Gasteiger partial charge is 0.394 e. The molecule has 0 aliphatic carbocycles. The molecule has 21 aliphatic heterocycles. The summed E-state index contributed by atoms with van der Waals surface area (Å²) in [6.45, 7) is -7.33. The average molecular weight is 1190 g/mol. The van der Waals surface area contributed by atoms with E-state index in [1.807, 2.05) is 0 Å². The van der Waals surface area contributed by atoms with Gasteiger partial charge in [-0.15, -0.1) is 0 Å². The molecule has 0 spiro atoms. The van der Waals surface area contributed by atoms with Gasteiger partial charge in [-0.1, -0.05) is 0 Å². The van der Waals surface area contributed by atoms with Crippen LogP contribution in [0.3, 0.4) is 0 Å². The van der Waals surface area contributed by atoms with Gasteiger partial charge in [-0.05, 0) is 0 Å². The number of aliphatic hydroxyl groups excluding tert-OH is 21. The molecule has 0 aromatic carbocycles. The molecule has 457 valence electrons. The third kappa shape index (κ3) is 12.6. The molecule has 21 aliphatic rings. The van der Waals surface area contributed by atoms with Crippen LogP contribution >= 0.6 is 0 Å². The van der Waals surface area contributed by atoms with Gasteiger partial charge < -0.3 is 174 Å². The fraction of sp³-hybridized carbons (Fsp3) is 1.00. The first-order valence-corrected chi connectivity index (χ1v) is 24.6. The topological polar surface area (TPSA) is 554 Å². The van der Waals surface area contributed by atoms with Crippen LogP contribution in [-0.4, -0.2) is 368 Å². The molecule has 0 aromatic heterocycles. The van der Waals surface area contributed by atoms with Crippen LogP contribution in [0.2, 0.25) is 0 Å². The first-order chi connectivity index (χ1) is 36.7. The van der Waals surface area contributed by atoms with E-state index in [2.05, 4.69) is 0 Å². The van der Waals surface area contributed by atoms with Gasteiger partial charge in [-0.2, -0.15) is 0 Å². The number of hydrogen-bond acceptors (Lipinski definition) is 35. The SMILES string of the molecule is OC[C@H]1O[C@@H]2O[C@H]3[C@H](O)[C@@H](O)[C@@H](O[C@H]4[C@H](O)[C@@H](O)[C@@H](O[C@H]5[C@H](O)[C@@H](O)[C@@H](O[C@H]6[C@H](O)[C@@H](O)[C@@H](O[C@H]7[C@H](O)[C@@H](O)[C@@H](O[C@H]8[C@H](O)[C@@H](O)[C@@H](O[C@H]1[C@H](O)[C@H]2O)O[C@@H]8CO)O[C@@H]7CO)O[C@@H]6CO)O[C@@H]5CO)O[C@@H]4CO)O[C@@H]3CO.[Co]. The third-order valence-corrected chi connectivity index (χ3v) is 14.8. The van der Waals surface area contributed by atoms with Gasteiger partial charge in [0.1, 0.15) is 171 Å². The van der Waals surface area contributed by atoms with Crippen molar-refractivity contribution in [1.82, 2.24) is 0 Å². The molecule has 0 amide bonds. The summed E-state index contributed by atoms with van der Waals surface area (Å²) in [5.41, 5.74) is 0. The molecule has 0 unspecified atom stereocenters. The quantitative estimate of drug-likeness (QED) is 0.113. The predicted octanol–water partition coefficient (Wildman–Crippen LogP) is -15.2. The Hall–Kier alpha value is -0.894. The number of hydrogen-bond donors (Lipinski definition) is 21. The van der Waals surface area contributed by atoms with Gasteiger partial charge >= 0.3 is 0 Å². The van der Waals surface area contributed by atoms with E-state index in [9.17, 15) is 107 Å². The third-order valence-electron chi connectivity index (χ3n) is 14.8. The molecule has 21 rings (SSSR count). The van der Waals surface area contributed by atoms with Crippen molar-refractivity contribution < 1.29 is 190 Å². The first kappa shape index (κ1) is 64.7. The van der Waals surface area contributed by atoms with Crippen LogP contribution in [0.15, 0.2) is 0 Å². The number of ether oxygens (including phenoxy) is 14. The second-order valence-corrected chi connectivity index (χ2v) is 19.7. The first-order valence-electron chi connectivity index (χ1n) is 24.6. The Balaban J connectivity index is 0.00000882. The van der Waals surface area contributed by atoms with E-state index in [0.29, 0.717) is 0 Å². The smallest absolute Gasteiger partial charge is 0.187 e. The van der Waals surface area contributed by atoms with Gasteiger partial charge in [0.2, 0.25) is 0 Å². The van der Waals surface area contributed by atoms with Crippen molar-refractivity contribution in [1.29, 1.82) is 0 Å². The van der Waals surface area contributed by atoms with Gasteiger partial charge in [-0.25, -0.2) is 0 Å². The minimum absolute atomic E-state index is 0. The minimum Gasteiger partial charge on any atom is -0.394 e. The van der Waals surface area contributed by atoms with Crippen LogP contribution in [0.25, 0.3) is 0 Å². The van der Waals surface area contributed by atoms with E-state index >= 15 is 0 Å². The second-order valence-electron chi connectivity index (χ2n) is 19.7. The van der Waals surface area contributed by atoms with Gasteiger partial charge in [0.25, 0.3) is 0 Å². The zero-order chi connectivity index (χ0) is 56.1. The summed E-state index contributed by atoms with van der Waals surface area (Å²) in [5, 5.41) is 230. The van der Waals surface area contributed by atoms with Crippen molar-refractivity contribution in [2.45, 2.75) is 215 Å². The van der Waals surface area contributed by atoms with Crippen LogP contribution in [0.5, 0.6) is 0 Å². The second kappa shape index (κ2) is 27.4. The van der Waals surface area contributed by atoms with Crippen molar-refractivity contribution in [2.75, 3.05) is 46.2 Å². The molecule has 78 heavy (non-hydrogen) atoms. The van der Waals surface area contributed by atoms with E-state index in [4.69, 9.17) is 66.3 Å². The molecular weight excluding hydrogens is 1120 g/mol. The van der Waals surface area contributed by atoms with Crippen molar-refractivity contribution in [2.24, 2.45) is 0 Å². The van der Waals surface area contributed by atoms with Gasteiger partial charge in [-0.3, -0.25) is 0 Å². The molecule has 0 aromatic rings. The van der Waals surface area contributed by atoms with Crippen molar-refractivity contribution in [3.05, 3.63) is 0 Å². The maximum Gasteiger partial charge on any atom is 0.187 e. The Bertz CT molecular complexity index is 1470. The summed E-state index contributed by atoms with van der Waals surface area (Å²) >= 11 is 0. The van der Waals surface area contributed by atoms with Crippen LogP contribution in [0.1, 0.15) is 0 Å². The van der Waals surface area contributed by atoms with E-state index in [1.54, 1.807) is 0 Å². The molecular formula is C42H70CoO35.